The van der Waals surface area contributed by atoms with Gasteiger partial charge in [-0.15, -0.1) is 12.3 Å². The van der Waals surface area contributed by atoms with E-state index in [4.69, 9.17) is 18.0 Å². The van der Waals surface area contributed by atoms with E-state index in [1.54, 1.807) is 18.2 Å². The summed E-state index contributed by atoms with van der Waals surface area (Å²) in [5.74, 6) is 2.42. The third-order valence-electron chi connectivity index (χ3n) is 2.37. The topological polar surface area (TPSA) is 29.1 Å². The molecule has 0 saturated carbocycles. The van der Waals surface area contributed by atoms with Gasteiger partial charge in [0, 0.05) is 22.5 Å². The molecule has 1 unspecified atom stereocenters. The second-order valence-electron chi connectivity index (χ2n) is 3.62. The Bertz CT molecular complexity index is 453. The molecular formula is C13H13BrClNO. The van der Waals surface area contributed by atoms with Crippen molar-refractivity contribution >= 4 is 33.4 Å². The number of hydrogen-bond acceptors (Lipinski definition) is 1. The van der Waals surface area contributed by atoms with Crippen LogP contribution in [-0.4, -0.2) is 11.9 Å². The van der Waals surface area contributed by atoms with Crippen LogP contribution in [0.4, 0.5) is 0 Å². The lowest BCUT2D eigenvalue weighted by molar-refractivity contribution is 0.0936. The minimum absolute atomic E-state index is 0.0157. The molecule has 0 aliphatic heterocycles. The van der Waals surface area contributed by atoms with Crippen molar-refractivity contribution in [3.8, 4) is 12.3 Å². The molecule has 2 nitrogen and oxygen atoms in total. The van der Waals surface area contributed by atoms with Gasteiger partial charge >= 0.3 is 0 Å². The molecule has 0 spiro atoms. The standard InChI is InChI=1S/C13H13BrClNO/c1-3-5-10(4-2)16-13(17)9-6-7-12(15)11(14)8-9/h1,6-8,10H,4-5H2,2H3,(H,16,17). The van der Waals surface area contributed by atoms with Gasteiger partial charge in [0.15, 0.2) is 0 Å². The molecule has 0 aliphatic carbocycles. The molecule has 0 aliphatic rings. The molecule has 17 heavy (non-hydrogen) atoms. The third kappa shape index (κ3) is 4.07. The summed E-state index contributed by atoms with van der Waals surface area (Å²) in [6, 6.07) is 5.08. The smallest absolute Gasteiger partial charge is 0.251 e. The zero-order chi connectivity index (χ0) is 12.8. The van der Waals surface area contributed by atoms with Gasteiger partial charge < -0.3 is 5.32 Å². The Kier molecular flexibility index (Phi) is 5.54. The average Bonchev–Trinajstić information content (AvgIpc) is 2.31. The van der Waals surface area contributed by atoms with Crippen LogP contribution in [0.15, 0.2) is 22.7 Å². The van der Waals surface area contributed by atoms with Gasteiger partial charge in [0.1, 0.15) is 0 Å². The largest absolute Gasteiger partial charge is 0.348 e. The first-order valence-corrected chi connectivity index (χ1v) is 6.45. The SMILES string of the molecule is C#CCC(CC)NC(=O)c1ccc(Cl)c(Br)c1. The fourth-order valence-electron chi connectivity index (χ4n) is 1.35. The minimum atomic E-state index is -0.135. The quantitative estimate of drug-likeness (QED) is 0.845. The Hall–Kier alpha value is -0.980. The number of halogens is 2. The zero-order valence-electron chi connectivity index (χ0n) is 9.47. The van der Waals surface area contributed by atoms with Crippen molar-refractivity contribution in [3.63, 3.8) is 0 Å². The van der Waals surface area contributed by atoms with E-state index in [0.29, 0.717) is 21.5 Å². The monoisotopic (exact) mass is 313 g/mol. The van der Waals surface area contributed by atoms with E-state index >= 15 is 0 Å². The van der Waals surface area contributed by atoms with Crippen LogP contribution in [0.5, 0.6) is 0 Å². The van der Waals surface area contributed by atoms with E-state index in [1.165, 1.54) is 0 Å². The first kappa shape index (κ1) is 14.1. The van der Waals surface area contributed by atoms with E-state index < -0.39 is 0 Å². The lowest BCUT2D eigenvalue weighted by Gasteiger charge is -2.14. The summed E-state index contributed by atoms with van der Waals surface area (Å²) < 4.78 is 0.705. The number of terminal acetylenes is 1. The molecule has 0 saturated heterocycles. The molecule has 1 aromatic rings. The van der Waals surface area contributed by atoms with Gasteiger partial charge in [-0.1, -0.05) is 18.5 Å². The van der Waals surface area contributed by atoms with Gasteiger partial charge in [0.25, 0.3) is 5.91 Å². The van der Waals surface area contributed by atoms with Crippen molar-refractivity contribution < 1.29 is 4.79 Å². The van der Waals surface area contributed by atoms with Crippen LogP contribution < -0.4 is 5.32 Å². The molecule has 1 atom stereocenters. The van der Waals surface area contributed by atoms with Crippen molar-refractivity contribution in [1.29, 1.82) is 0 Å². The van der Waals surface area contributed by atoms with Crippen LogP contribution >= 0.6 is 27.5 Å². The molecule has 0 radical (unpaired) electrons. The molecule has 4 heteroatoms. The Balaban J connectivity index is 2.76. The summed E-state index contributed by atoms with van der Waals surface area (Å²) in [7, 11) is 0. The highest BCUT2D eigenvalue weighted by Crippen LogP contribution is 2.23. The first-order chi connectivity index (χ1) is 8.08. The second-order valence-corrected chi connectivity index (χ2v) is 4.88. The first-order valence-electron chi connectivity index (χ1n) is 5.27. The molecule has 0 heterocycles. The molecule has 1 amide bonds. The molecule has 0 fully saturated rings. The van der Waals surface area contributed by atoms with E-state index in [2.05, 4.69) is 27.2 Å². The molecular weight excluding hydrogens is 302 g/mol. The van der Waals surface area contributed by atoms with Crippen molar-refractivity contribution in [2.45, 2.75) is 25.8 Å². The average molecular weight is 315 g/mol. The Morgan fingerprint density at radius 1 is 1.65 bits per heavy atom. The van der Waals surface area contributed by atoms with Crippen molar-refractivity contribution in [3.05, 3.63) is 33.3 Å². The highest BCUT2D eigenvalue weighted by atomic mass is 79.9. The van der Waals surface area contributed by atoms with E-state index in [9.17, 15) is 4.79 Å². The maximum atomic E-state index is 11.9. The lowest BCUT2D eigenvalue weighted by atomic mass is 10.1. The van der Waals surface area contributed by atoms with Crippen LogP contribution in [0, 0.1) is 12.3 Å². The van der Waals surface area contributed by atoms with Crippen LogP contribution in [0.3, 0.4) is 0 Å². The lowest BCUT2D eigenvalue weighted by Crippen LogP contribution is -2.34. The summed E-state index contributed by atoms with van der Waals surface area (Å²) in [4.78, 5) is 11.9. The number of rotatable bonds is 4. The Labute approximate surface area is 115 Å². The molecule has 1 rings (SSSR count). The summed E-state index contributed by atoms with van der Waals surface area (Å²) in [6.07, 6.45) is 6.59. The van der Waals surface area contributed by atoms with Crippen molar-refractivity contribution in [2.24, 2.45) is 0 Å². The number of amides is 1. The third-order valence-corrected chi connectivity index (χ3v) is 3.59. The van der Waals surface area contributed by atoms with Gasteiger partial charge in [-0.2, -0.15) is 0 Å². The molecule has 1 aromatic carbocycles. The van der Waals surface area contributed by atoms with E-state index in [1.807, 2.05) is 6.92 Å². The van der Waals surface area contributed by atoms with Crippen LogP contribution in [0.1, 0.15) is 30.1 Å². The summed E-state index contributed by atoms with van der Waals surface area (Å²) in [5.41, 5.74) is 0.566. The number of nitrogens with one attached hydrogen (secondary N) is 1. The van der Waals surface area contributed by atoms with Gasteiger partial charge in [0.05, 0.1) is 5.02 Å². The summed E-state index contributed by atoms with van der Waals surface area (Å²) >= 11 is 9.15. The summed E-state index contributed by atoms with van der Waals surface area (Å²) in [5, 5.41) is 3.47. The zero-order valence-corrected chi connectivity index (χ0v) is 11.8. The number of benzene rings is 1. The van der Waals surface area contributed by atoms with Gasteiger partial charge in [-0.3, -0.25) is 4.79 Å². The van der Waals surface area contributed by atoms with Crippen molar-refractivity contribution in [1.82, 2.24) is 5.32 Å². The predicted octanol–water partition coefficient (Wildman–Crippen LogP) is 3.63. The number of carbonyl (C=O) groups excluding carboxylic acids is 1. The molecule has 90 valence electrons. The number of carbonyl (C=O) groups is 1. The minimum Gasteiger partial charge on any atom is -0.348 e. The predicted molar refractivity (Wildman–Crippen MR) is 74.1 cm³/mol. The second kappa shape index (κ2) is 6.68. The fraction of sp³-hybridized carbons (Fsp3) is 0.308. The normalized spacial score (nSPS) is 11.6. The summed E-state index contributed by atoms with van der Waals surface area (Å²) in [6.45, 7) is 1.99. The van der Waals surface area contributed by atoms with E-state index in [0.717, 1.165) is 6.42 Å². The Morgan fingerprint density at radius 2 is 2.35 bits per heavy atom. The molecule has 0 aromatic heterocycles. The van der Waals surface area contributed by atoms with Gasteiger partial charge in [0.2, 0.25) is 0 Å². The van der Waals surface area contributed by atoms with Crippen LogP contribution in [0.25, 0.3) is 0 Å². The maximum Gasteiger partial charge on any atom is 0.251 e. The van der Waals surface area contributed by atoms with Gasteiger partial charge in [-0.05, 0) is 40.5 Å². The van der Waals surface area contributed by atoms with Crippen molar-refractivity contribution in [2.75, 3.05) is 0 Å². The van der Waals surface area contributed by atoms with Crippen LogP contribution in [-0.2, 0) is 0 Å². The van der Waals surface area contributed by atoms with Crippen LogP contribution in [0.2, 0.25) is 5.02 Å². The van der Waals surface area contributed by atoms with E-state index in [-0.39, 0.29) is 11.9 Å². The highest BCUT2D eigenvalue weighted by Gasteiger charge is 2.12. The molecule has 1 N–H and O–H groups in total. The Morgan fingerprint density at radius 3 is 2.88 bits per heavy atom. The van der Waals surface area contributed by atoms with Gasteiger partial charge in [-0.25, -0.2) is 0 Å². The maximum absolute atomic E-state index is 11.9. The molecule has 0 bridgehead atoms. The number of hydrogen-bond donors (Lipinski definition) is 1. The fourth-order valence-corrected chi connectivity index (χ4v) is 1.84. The highest BCUT2D eigenvalue weighted by molar-refractivity contribution is 9.10.